The Hall–Kier alpha value is -1.96. The van der Waals surface area contributed by atoms with Crippen LogP contribution in [-0.4, -0.2) is 175 Å². The molecule has 2 aliphatic rings. The van der Waals surface area contributed by atoms with Crippen LogP contribution in [0.4, 0.5) is 0 Å². The molecule has 2 fully saturated rings. The number of methoxy groups -OCH3 is 9. The van der Waals surface area contributed by atoms with E-state index in [0.29, 0.717) is 6.61 Å². The number of carbonyl (C=O) groups excluding carboxylic acids is 2. The van der Waals surface area contributed by atoms with Crippen molar-refractivity contribution in [1.29, 1.82) is 0 Å². The van der Waals surface area contributed by atoms with Crippen LogP contribution in [0.3, 0.4) is 0 Å². The third kappa shape index (κ3) is 9.35. The van der Waals surface area contributed by atoms with Crippen LogP contribution in [0.1, 0.15) is 13.3 Å². The summed E-state index contributed by atoms with van der Waals surface area (Å²) in [5.41, 5.74) is 0. The van der Waals surface area contributed by atoms with Gasteiger partial charge in [-0.3, -0.25) is 4.79 Å². The van der Waals surface area contributed by atoms with Crippen molar-refractivity contribution in [2.75, 3.05) is 90.9 Å². The highest BCUT2D eigenvalue weighted by atomic mass is 16.8. The highest BCUT2D eigenvalue weighted by molar-refractivity contribution is 5.78. The second kappa shape index (κ2) is 19.8. The van der Waals surface area contributed by atoms with Crippen LogP contribution in [-0.2, 0) is 71.2 Å². The minimum atomic E-state index is -2.03. The first-order valence-corrected chi connectivity index (χ1v) is 14.8. The minimum absolute atomic E-state index is 0.125. The molecule has 0 N–H and O–H groups in total. The smallest absolute Gasteiger partial charge is 0.366 e. The van der Waals surface area contributed by atoms with Gasteiger partial charge in [-0.15, -0.1) is 0 Å². The van der Waals surface area contributed by atoms with Crippen LogP contribution in [0.2, 0.25) is 0 Å². The molecule has 0 aliphatic carbocycles. The summed E-state index contributed by atoms with van der Waals surface area (Å²) in [6, 6.07) is -0.724. The fourth-order valence-corrected chi connectivity index (χ4v) is 5.91. The quantitative estimate of drug-likeness (QED) is 0.135. The van der Waals surface area contributed by atoms with Gasteiger partial charge in [0, 0.05) is 77.3 Å². The van der Waals surface area contributed by atoms with Crippen molar-refractivity contribution in [1.82, 2.24) is 4.90 Å². The first-order chi connectivity index (χ1) is 22.1. The third-order valence-electron chi connectivity index (χ3n) is 8.31. The monoisotopic (exact) mass is 667 g/mol. The number of likely N-dealkylation sites (N-methyl/N-ethyl adjacent to an activating group) is 1. The number of hydrogen-bond donors (Lipinski definition) is 0. The van der Waals surface area contributed by atoms with Gasteiger partial charge in [-0.2, -0.15) is 0 Å². The van der Waals surface area contributed by atoms with Crippen LogP contribution < -0.4 is 0 Å². The summed E-state index contributed by atoms with van der Waals surface area (Å²) in [4.78, 5) is 27.8. The lowest BCUT2D eigenvalue weighted by Gasteiger charge is -2.51. The second-order valence-corrected chi connectivity index (χ2v) is 10.8. The Morgan fingerprint density at radius 2 is 1.59 bits per heavy atom. The van der Waals surface area contributed by atoms with Crippen LogP contribution in [0, 0.1) is 0 Å². The van der Waals surface area contributed by atoms with Crippen molar-refractivity contribution < 1.29 is 71.2 Å². The van der Waals surface area contributed by atoms with Crippen molar-refractivity contribution >= 4 is 11.9 Å². The molecule has 2 aliphatic heterocycles. The maximum Gasteiger partial charge on any atom is 0.366 e. The molecule has 0 radical (unpaired) electrons. The molecule has 1 amide bonds. The first-order valence-electron chi connectivity index (χ1n) is 14.8. The minimum Gasteiger partial charge on any atom is -0.470 e. The molecule has 0 saturated carbocycles. The van der Waals surface area contributed by atoms with Gasteiger partial charge in [0.2, 0.25) is 12.2 Å². The van der Waals surface area contributed by atoms with E-state index in [1.165, 1.54) is 75.0 Å². The predicted molar refractivity (Wildman–Crippen MR) is 160 cm³/mol. The number of rotatable bonds is 19. The molecule has 11 atom stereocenters. The maximum atomic E-state index is 13.6. The molecule has 0 spiro atoms. The summed E-state index contributed by atoms with van der Waals surface area (Å²) in [5, 5.41) is 0. The van der Waals surface area contributed by atoms with Gasteiger partial charge < -0.3 is 66.5 Å². The van der Waals surface area contributed by atoms with Crippen molar-refractivity contribution in [3.05, 3.63) is 12.3 Å². The normalized spacial score (nSPS) is 33.0. The van der Waals surface area contributed by atoms with E-state index < -0.39 is 72.9 Å². The van der Waals surface area contributed by atoms with E-state index in [9.17, 15) is 9.59 Å². The Labute approximate surface area is 271 Å². The topological polar surface area (TPSA) is 157 Å². The Morgan fingerprint density at radius 3 is 2.09 bits per heavy atom. The highest BCUT2D eigenvalue weighted by Gasteiger charge is 2.59. The standard InChI is InChI=1S/C30H53NO15/c1-18(32)31(2)22-19(36-5)15-30(29(33)42-11,46-25(22)23(38-7)20(37-6)16-35-4)44-17-21-24(39-8)26(40-9)27(41-10)28(45-21)43-14-12-13-34-3/h12,14,19-28H,13,15-17H2,1-11H3/b14-12-. The largest absolute Gasteiger partial charge is 0.470 e. The van der Waals surface area contributed by atoms with Crippen LogP contribution in [0.5, 0.6) is 0 Å². The number of amides is 1. The Kier molecular flexibility index (Phi) is 17.3. The molecule has 0 aromatic heterocycles. The Bertz CT molecular complexity index is 940. The molecule has 268 valence electrons. The summed E-state index contributed by atoms with van der Waals surface area (Å²) in [6.07, 6.45) is -4.18. The summed E-state index contributed by atoms with van der Waals surface area (Å²) in [7, 11) is 14.8. The average molecular weight is 668 g/mol. The molecule has 46 heavy (non-hydrogen) atoms. The molecule has 2 heterocycles. The Morgan fingerprint density at radius 1 is 0.913 bits per heavy atom. The van der Waals surface area contributed by atoms with Gasteiger partial charge in [0.15, 0.2) is 0 Å². The third-order valence-corrected chi connectivity index (χ3v) is 8.31. The number of nitrogens with zero attached hydrogens (tertiary/aromatic N) is 1. The summed E-state index contributed by atoms with van der Waals surface area (Å²) >= 11 is 0. The van der Waals surface area contributed by atoms with Gasteiger partial charge in [0.05, 0.1) is 45.3 Å². The molecule has 11 unspecified atom stereocenters. The van der Waals surface area contributed by atoms with E-state index in [0.717, 1.165) is 0 Å². The highest BCUT2D eigenvalue weighted by Crippen LogP contribution is 2.39. The molecule has 2 rings (SSSR count). The molecule has 16 heteroatoms. The van der Waals surface area contributed by atoms with Crippen molar-refractivity contribution in [3.63, 3.8) is 0 Å². The van der Waals surface area contributed by atoms with E-state index in [-0.39, 0.29) is 25.5 Å². The van der Waals surface area contributed by atoms with Gasteiger partial charge in [-0.25, -0.2) is 4.79 Å². The molecule has 16 nitrogen and oxygen atoms in total. The molecule has 0 bridgehead atoms. The average Bonchev–Trinajstić information content (AvgIpc) is 3.07. The molecular formula is C30H53NO15. The summed E-state index contributed by atoms with van der Waals surface area (Å²) in [6.45, 7) is 1.62. The fraction of sp³-hybridized carbons (Fsp3) is 0.867. The number of hydrogen-bond acceptors (Lipinski definition) is 15. The zero-order chi connectivity index (χ0) is 34.4. The van der Waals surface area contributed by atoms with E-state index in [1.807, 2.05) is 0 Å². The second-order valence-electron chi connectivity index (χ2n) is 10.8. The van der Waals surface area contributed by atoms with Crippen LogP contribution in [0.25, 0.3) is 0 Å². The van der Waals surface area contributed by atoms with Crippen LogP contribution >= 0.6 is 0 Å². The van der Waals surface area contributed by atoms with Gasteiger partial charge in [0.1, 0.15) is 42.7 Å². The number of carbonyl (C=O) groups is 2. The summed E-state index contributed by atoms with van der Waals surface area (Å²) in [5.74, 6) is -3.13. The molecule has 0 aromatic rings. The lowest BCUT2D eigenvalue weighted by atomic mass is 9.87. The predicted octanol–water partition coefficient (Wildman–Crippen LogP) is 0.146. The van der Waals surface area contributed by atoms with E-state index in [2.05, 4.69) is 0 Å². The van der Waals surface area contributed by atoms with Crippen molar-refractivity contribution in [2.24, 2.45) is 0 Å². The van der Waals surface area contributed by atoms with Crippen molar-refractivity contribution in [3.8, 4) is 0 Å². The van der Waals surface area contributed by atoms with Crippen molar-refractivity contribution in [2.45, 2.75) is 80.3 Å². The lowest BCUT2D eigenvalue weighted by Crippen LogP contribution is -2.69. The van der Waals surface area contributed by atoms with Gasteiger partial charge in [-0.05, 0) is 6.08 Å². The zero-order valence-corrected chi connectivity index (χ0v) is 28.8. The van der Waals surface area contributed by atoms with Gasteiger partial charge in [0.25, 0.3) is 5.79 Å². The van der Waals surface area contributed by atoms with E-state index in [1.54, 1.807) is 20.2 Å². The first kappa shape index (κ1) is 40.2. The van der Waals surface area contributed by atoms with Crippen LogP contribution in [0.15, 0.2) is 12.3 Å². The fourth-order valence-electron chi connectivity index (χ4n) is 5.91. The number of esters is 1. The zero-order valence-electron chi connectivity index (χ0n) is 28.8. The Balaban J connectivity index is 2.55. The maximum absolute atomic E-state index is 13.6. The number of ether oxygens (including phenoxy) is 13. The molecule has 2 saturated heterocycles. The molecular weight excluding hydrogens is 614 g/mol. The van der Waals surface area contributed by atoms with E-state index in [4.69, 9.17) is 61.6 Å². The lowest BCUT2D eigenvalue weighted by molar-refractivity contribution is -0.344. The molecule has 0 aromatic carbocycles. The van der Waals surface area contributed by atoms with Gasteiger partial charge >= 0.3 is 5.97 Å². The summed E-state index contributed by atoms with van der Waals surface area (Å²) < 4.78 is 75.2. The van der Waals surface area contributed by atoms with Gasteiger partial charge in [-0.1, -0.05) is 0 Å². The SMILES string of the molecule is COC/C=C\OC1OC(COC2(C(=O)OC)CC(OC)C(N(C)C(C)=O)C(C(OC)C(COC)OC)O2)C(OC)C(OC)C1OC. The van der Waals surface area contributed by atoms with E-state index >= 15 is 0 Å².